The summed E-state index contributed by atoms with van der Waals surface area (Å²) in [7, 11) is 0.847. The Bertz CT molecular complexity index is 1540. The zero-order chi connectivity index (χ0) is 31.4. The minimum absolute atomic E-state index is 0.0200. The molecule has 44 heavy (non-hydrogen) atoms. The summed E-state index contributed by atoms with van der Waals surface area (Å²) in [6.07, 6.45) is 4.07. The molecule has 7 rings (SSSR count). The van der Waals surface area contributed by atoms with E-state index in [4.69, 9.17) is 18.8 Å². The molecule has 1 N–H and O–H groups in total. The van der Waals surface area contributed by atoms with Crippen molar-refractivity contribution in [2.24, 2.45) is 17.3 Å². The number of nitrogens with one attached hydrogen (secondary N) is 1. The predicted octanol–water partition coefficient (Wildman–Crippen LogP) is 4.97. The third-order valence-electron chi connectivity index (χ3n) is 9.66. The Morgan fingerprint density at radius 2 is 2.02 bits per heavy atom. The van der Waals surface area contributed by atoms with E-state index in [1.54, 1.807) is 29.7 Å². The van der Waals surface area contributed by atoms with Gasteiger partial charge in [-0.2, -0.15) is 11.3 Å². The molecule has 4 aliphatic rings. The van der Waals surface area contributed by atoms with Crippen LogP contribution in [0.1, 0.15) is 70.3 Å². The number of carbonyl (C=O) groups excluding carboxylic acids is 2. The largest absolute Gasteiger partial charge is 0.496 e. The third kappa shape index (κ3) is 5.67. The average molecular weight is 621 g/mol. The molecular formula is C32H41BN4O6S. The number of para-hydroxylation sites is 1. The van der Waals surface area contributed by atoms with E-state index in [1.807, 2.05) is 43.7 Å². The van der Waals surface area contributed by atoms with Gasteiger partial charge in [-0.15, -0.1) is 5.10 Å². The van der Waals surface area contributed by atoms with Gasteiger partial charge in [0, 0.05) is 10.9 Å². The van der Waals surface area contributed by atoms with Crippen molar-refractivity contribution in [3.8, 4) is 17.0 Å². The highest BCUT2D eigenvalue weighted by molar-refractivity contribution is 7.08. The van der Waals surface area contributed by atoms with Gasteiger partial charge < -0.3 is 24.1 Å². The van der Waals surface area contributed by atoms with Gasteiger partial charge in [-0.1, -0.05) is 31.2 Å². The topological polar surface area (TPSA) is 114 Å². The summed E-state index contributed by atoms with van der Waals surface area (Å²) < 4.78 is 26.3. The average Bonchev–Trinajstić information content (AvgIpc) is 3.70. The molecule has 1 aromatic carbocycles. The van der Waals surface area contributed by atoms with Crippen molar-refractivity contribution in [3.05, 3.63) is 52.3 Å². The minimum Gasteiger partial charge on any atom is -0.496 e. The van der Waals surface area contributed by atoms with Gasteiger partial charge in [0.2, 0.25) is 5.91 Å². The first-order chi connectivity index (χ1) is 20.8. The molecule has 1 saturated heterocycles. The van der Waals surface area contributed by atoms with Crippen molar-refractivity contribution in [3.63, 3.8) is 0 Å². The number of benzene rings is 1. The second-order valence-corrected chi connectivity index (χ2v) is 14.8. The molecule has 1 aliphatic heterocycles. The second-order valence-electron chi connectivity index (χ2n) is 14.0. The van der Waals surface area contributed by atoms with E-state index in [0.29, 0.717) is 35.3 Å². The van der Waals surface area contributed by atoms with Gasteiger partial charge in [0.15, 0.2) is 0 Å². The summed E-state index contributed by atoms with van der Waals surface area (Å²) >= 11 is 1.58. The number of nitrogens with zero attached hydrogens (tertiary/aromatic N) is 3. The number of amides is 1. The molecule has 1 amide bonds. The fourth-order valence-electron chi connectivity index (χ4n) is 7.32. The van der Waals surface area contributed by atoms with Gasteiger partial charge in [-0.05, 0) is 87.3 Å². The smallest absolute Gasteiger partial charge is 0.482 e. The summed E-state index contributed by atoms with van der Waals surface area (Å²) in [5, 5.41) is 15.5. The molecule has 4 fully saturated rings. The number of hydrogen-bond acceptors (Lipinski definition) is 9. The summed E-state index contributed by atoms with van der Waals surface area (Å²) in [6, 6.07) is 7.34. The monoisotopic (exact) mass is 620 g/mol. The van der Waals surface area contributed by atoms with Crippen LogP contribution >= 0.6 is 11.3 Å². The number of aromatic nitrogens is 3. The van der Waals surface area contributed by atoms with Crippen LogP contribution in [0.3, 0.4) is 0 Å². The molecule has 3 saturated carbocycles. The molecule has 2 bridgehead atoms. The van der Waals surface area contributed by atoms with Gasteiger partial charge >= 0.3 is 13.1 Å². The lowest BCUT2D eigenvalue weighted by molar-refractivity contribution is -0.199. The lowest BCUT2D eigenvalue weighted by atomic mass is 9.43. The maximum atomic E-state index is 13.5. The van der Waals surface area contributed by atoms with Crippen LogP contribution in [0.15, 0.2) is 41.2 Å². The summed E-state index contributed by atoms with van der Waals surface area (Å²) in [6.45, 7) is 12.2. The highest BCUT2D eigenvalue weighted by atomic mass is 32.1. The lowest BCUT2D eigenvalue weighted by Crippen LogP contribution is -2.65. The van der Waals surface area contributed by atoms with Gasteiger partial charge in [0.05, 0.1) is 31.0 Å². The highest BCUT2D eigenvalue weighted by Crippen LogP contribution is 2.65. The summed E-state index contributed by atoms with van der Waals surface area (Å²) in [5.41, 5.74) is 1.80. The zero-order valence-corrected chi connectivity index (χ0v) is 27.3. The molecule has 234 valence electrons. The van der Waals surface area contributed by atoms with Crippen LogP contribution in [0.2, 0.25) is 0 Å². The summed E-state index contributed by atoms with van der Waals surface area (Å²) in [5.74, 6) is 0.0804. The Morgan fingerprint density at radius 3 is 2.70 bits per heavy atom. The molecule has 0 spiro atoms. The normalized spacial score (nSPS) is 26.0. The molecule has 1 unspecified atom stereocenters. The van der Waals surface area contributed by atoms with Crippen molar-refractivity contribution in [2.45, 2.75) is 90.6 Å². The summed E-state index contributed by atoms with van der Waals surface area (Å²) in [4.78, 5) is 26.6. The van der Waals surface area contributed by atoms with Gasteiger partial charge in [-0.25, -0.2) is 9.48 Å². The number of thiophene rings is 1. The van der Waals surface area contributed by atoms with Crippen molar-refractivity contribution in [1.29, 1.82) is 0 Å². The van der Waals surface area contributed by atoms with E-state index in [2.05, 4.69) is 36.4 Å². The van der Waals surface area contributed by atoms with E-state index < -0.39 is 30.2 Å². The number of carbonyl (C=O) groups is 2. The number of esters is 1. The van der Waals surface area contributed by atoms with Crippen molar-refractivity contribution in [1.82, 2.24) is 20.3 Å². The molecule has 3 aromatic rings. The lowest BCUT2D eigenvalue weighted by Gasteiger charge is -2.64. The number of methoxy groups -OCH3 is 1. The first kappa shape index (κ1) is 30.8. The Morgan fingerprint density at radius 1 is 1.23 bits per heavy atom. The van der Waals surface area contributed by atoms with Gasteiger partial charge in [0.1, 0.15) is 29.2 Å². The fourth-order valence-corrected chi connectivity index (χ4v) is 7.97. The molecule has 3 aliphatic carbocycles. The quantitative estimate of drug-likeness (QED) is 0.264. The van der Waals surface area contributed by atoms with Gasteiger partial charge in [-0.3, -0.25) is 4.79 Å². The van der Waals surface area contributed by atoms with Crippen LogP contribution < -0.4 is 10.1 Å². The van der Waals surface area contributed by atoms with Crippen LogP contribution in [0.4, 0.5) is 0 Å². The predicted molar refractivity (Wildman–Crippen MR) is 167 cm³/mol. The first-order valence-corrected chi connectivity index (χ1v) is 16.2. The Labute approximate surface area is 262 Å². The van der Waals surface area contributed by atoms with E-state index in [0.717, 1.165) is 24.0 Å². The van der Waals surface area contributed by atoms with Crippen molar-refractivity contribution >= 4 is 30.3 Å². The SMILES string of the molecule is COc1c(CC(NC(=O)Cn2cc(-c3ccsc3)nn2)B2O[C@@H]3C[C@@H]4C[C@@H](C4(C)C)[C@]3(C)O2)cccc1C(=O)OC(C)(C)C. The molecule has 2 aromatic heterocycles. The Balaban J connectivity index is 1.26. The standard InChI is InChI=1S/C32H41BN4O6S/c1-30(2,3)41-29(39)22-10-8-9-19(28(22)40-7)13-26(33-42-25-15-21-14-24(31(21,4)5)32(25,6)43-33)34-27(38)17-37-16-23(35-36-37)20-11-12-44-18-20/h8-12,16,18,21,24-26H,13-15,17H2,1-7H3,(H,34,38)/t21-,24-,25+,26?,32-/m0/s1. The van der Waals surface area contributed by atoms with E-state index in [-0.39, 0.29) is 24.0 Å². The van der Waals surface area contributed by atoms with Crippen LogP contribution in [0, 0.1) is 17.3 Å². The van der Waals surface area contributed by atoms with Crippen LogP contribution in [0.5, 0.6) is 5.75 Å². The number of hydrogen-bond donors (Lipinski definition) is 1. The fraction of sp³-hybridized carbons (Fsp3) is 0.562. The first-order valence-electron chi connectivity index (χ1n) is 15.2. The number of rotatable bonds is 9. The highest BCUT2D eigenvalue weighted by Gasteiger charge is 2.68. The molecule has 0 radical (unpaired) electrons. The van der Waals surface area contributed by atoms with Gasteiger partial charge in [0.25, 0.3) is 0 Å². The van der Waals surface area contributed by atoms with E-state index in [9.17, 15) is 9.59 Å². The van der Waals surface area contributed by atoms with Crippen LogP contribution in [-0.2, 0) is 31.8 Å². The van der Waals surface area contributed by atoms with Crippen molar-refractivity contribution < 1.29 is 28.4 Å². The maximum absolute atomic E-state index is 13.5. The van der Waals surface area contributed by atoms with E-state index in [1.165, 1.54) is 11.8 Å². The molecule has 5 atom stereocenters. The maximum Gasteiger partial charge on any atom is 0.482 e. The minimum atomic E-state index is -0.684. The third-order valence-corrected chi connectivity index (χ3v) is 10.3. The van der Waals surface area contributed by atoms with Crippen molar-refractivity contribution in [2.75, 3.05) is 7.11 Å². The molecular weight excluding hydrogens is 579 g/mol. The molecule has 10 nitrogen and oxygen atoms in total. The molecule has 3 heterocycles. The van der Waals surface area contributed by atoms with Crippen LogP contribution in [-0.4, -0.2) is 64.3 Å². The number of ether oxygens (including phenoxy) is 2. The zero-order valence-electron chi connectivity index (χ0n) is 26.5. The van der Waals surface area contributed by atoms with E-state index >= 15 is 0 Å². The Kier molecular flexibility index (Phi) is 7.91. The Hall–Kier alpha value is -3.22. The second kappa shape index (κ2) is 11.3. The molecule has 12 heteroatoms. The van der Waals surface area contributed by atoms with Crippen LogP contribution in [0.25, 0.3) is 11.3 Å².